The van der Waals surface area contributed by atoms with E-state index in [1.807, 2.05) is 30.3 Å². The number of amides is 2. The molecule has 1 aliphatic carbocycles. The van der Waals surface area contributed by atoms with E-state index < -0.39 is 6.09 Å². The Kier molecular flexibility index (Phi) is 7.06. The molecule has 2 rings (SSSR count). The highest BCUT2D eigenvalue weighted by atomic mass is 16.5. The number of hydrogen-bond acceptors (Lipinski definition) is 4. The van der Waals surface area contributed by atoms with Crippen LogP contribution >= 0.6 is 0 Å². The van der Waals surface area contributed by atoms with Crippen LogP contribution in [0.25, 0.3) is 0 Å². The summed E-state index contributed by atoms with van der Waals surface area (Å²) in [6.07, 6.45) is 1.24. The zero-order valence-electron chi connectivity index (χ0n) is 14.4. The van der Waals surface area contributed by atoms with Crippen molar-refractivity contribution in [3.63, 3.8) is 0 Å². The molecule has 0 aliphatic heterocycles. The minimum absolute atomic E-state index is 0.0161. The summed E-state index contributed by atoms with van der Waals surface area (Å²) in [6, 6.07) is 9.97. The lowest BCUT2D eigenvalue weighted by Gasteiger charge is -2.36. The van der Waals surface area contributed by atoms with Crippen molar-refractivity contribution in [2.45, 2.75) is 45.4 Å². The lowest BCUT2D eigenvalue weighted by atomic mass is 9.87. The molecule has 0 unspecified atom stereocenters. The fraction of sp³-hybridized carbons (Fsp3) is 0.556. The van der Waals surface area contributed by atoms with E-state index in [0.717, 1.165) is 18.4 Å². The number of alkyl carbamates (subject to hydrolysis) is 1. The molecule has 1 aromatic rings. The molecule has 1 aromatic carbocycles. The number of carbonyl (C=O) groups excluding carboxylic acids is 2. The average Bonchev–Trinajstić information content (AvgIpc) is 2.53. The van der Waals surface area contributed by atoms with Gasteiger partial charge in [-0.3, -0.25) is 4.79 Å². The monoisotopic (exact) mass is 333 g/mol. The average molecular weight is 333 g/mol. The topological polar surface area (TPSA) is 79.5 Å². The molecular formula is C18H27N3O3. The Morgan fingerprint density at radius 1 is 1.17 bits per heavy atom. The Bertz CT molecular complexity index is 528. The molecule has 132 valence electrons. The SMILES string of the molecule is CC(C)CNC(=O)CNC1CC(NC(=O)OCc2ccccc2)C1. The lowest BCUT2D eigenvalue weighted by molar-refractivity contribution is -0.120. The number of carbonyl (C=O) groups is 2. The van der Waals surface area contributed by atoms with E-state index in [2.05, 4.69) is 29.8 Å². The van der Waals surface area contributed by atoms with Crippen molar-refractivity contribution in [1.29, 1.82) is 0 Å². The predicted octanol–water partition coefficient (Wildman–Crippen LogP) is 1.81. The second-order valence-corrected chi connectivity index (χ2v) is 6.65. The Balaban J connectivity index is 1.53. The van der Waals surface area contributed by atoms with Crippen molar-refractivity contribution >= 4 is 12.0 Å². The van der Waals surface area contributed by atoms with E-state index in [1.54, 1.807) is 0 Å². The third-order valence-electron chi connectivity index (χ3n) is 3.93. The van der Waals surface area contributed by atoms with E-state index in [1.165, 1.54) is 0 Å². The fourth-order valence-electron chi connectivity index (χ4n) is 2.45. The van der Waals surface area contributed by atoms with Crippen LogP contribution in [0, 0.1) is 5.92 Å². The van der Waals surface area contributed by atoms with Crippen molar-refractivity contribution in [3.8, 4) is 0 Å². The third-order valence-corrected chi connectivity index (χ3v) is 3.93. The minimum atomic E-state index is -0.392. The van der Waals surface area contributed by atoms with E-state index in [0.29, 0.717) is 19.0 Å². The fourth-order valence-corrected chi connectivity index (χ4v) is 2.45. The van der Waals surface area contributed by atoms with Crippen molar-refractivity contribution < 1.29 is 14.3 Å². The van der Waals surface area contributed by atoms with Crippen molar-refractivity contribution in [3.05, 3.63) is 35.9 Å². The maximum Gasteiger partial charge on any atom is 0.407 e. The number of hydrogen-bond donors (Lipinski definition) is 3. The first-order chi connectivity index (χ1) is 11.5. The maximum absolute atomic E-state index is 11.7. The van der Waals surface area contributed by atoms with Gasteiger partial charge in [0.1, 0.15) is 6.61 Å². The number of benzene rings is 1. The summed E-state index contributed by atoms with van der Waals surface area (Å²) in [5.74, 6) is 0.468. The van der Waals surface area contributed by atoms with Gasteiger partial charge in [0.15, 0.2) is 0 Å². The molecule has 1 fully saturated rings. The zero-order valence-corrected chi connectivity index (χ0v) is 14.4. The molecule has 2 amide bonds. The molecule has 1 saturated carbocycles. The van der Waals surface area contributed by atoms with Gasteiger partial charge in [-0.1, -0.05) is 44.2 Å². The summed E-state index contributed by atoms with van der Waals surface area (Å²) in [4.78, 5) is 23.3. The second kappa shape index (κ2) is 9.27. The maximum atomic E-state index is 11.7. The van der Waals surface area contributed by atoms with Crippen LogP contribution in [0.5, 0.6) is 0 Å². The molecule has 0 saturated heterocycles. The highest BCUT2D eigenvalue weighted by molar-refractivity contribution is 5.78. The smallest absolute Gasteiger partial charge is 0.407 e. The van der Waals surface area contributed by atoms with E-state index in [9.17, 15) is 9.59 Å². The Morgan fingerprint density at radius 3 is 2.54 bits per heavy atom. The molecule has 0 bridgehead atoms. The highest BCUT2D eigenvalue weighted by Crippen LogP contribution is 2.19. The van der Waals surface area contributed by atoms with E-state index >= 15 is 0 Å². The van der Waals surface area contributed by atoms with Crippen LogP contribution < -0.4 is 16.0 Å². The third kappa shape index (κ3) is 6.58. The summed E-state index contributed by atoms with van der Waals surface area (Å²) < 4.78 is 5.19. The summed E-state index contributed by atoms with van der Waals surface area (Å²) >= 11 is 0. The largest absolute Gasteiger partial charge is 0.445 e. The van der Waals surface area contributed by atoms with E-state index in [-0.39, 0.29) is 24.6 Å². The lowest BCUT2D eigenvalue weighted by Crippen LogP contribution is -2.54. The van der Waals surface area contributed by atoms with Gasteiger partial charge in [-0.05, 0) is 24.3 Å². The Morgan fingerprint density at radius 2 is 1.88 bits per heavy atom. The first-order valence-electron chi connectivity index (χ1n) is 8.50. The summed E-state index contributed by atoms with van der Waals surface area (Å²) in [5, 5.41) is 8.91. The molecule has 24 heavy (non-hydrogen) atoms. The number of nitrogens with one attached hydrogen (secondary N) is 3. The zero-order chi connectivity index (χ0) is 17.4. The van der Waals surface area contributed by atoms with Crippen LogP contribution in [0.4, 0.5) is 4.79 Å². The van der Waals surface area contributed by atoms with Crippen LogP contribution in [-0.2, 0) is 16.1 Å². The normalized spacial score (nSPS) is 19.5. The first-order valence-corrected chi connectivity index (χ1v) is 8.50. The molecule has 1 aliphatic rings. The van der Waals surface area contributed by atoms with Gasteiger partial charge in [0.05, 0.1) is 6.54 Å². The van der Waals surface area contributed by atoms with Crippen molar-refractivity contribution in [1.82, 2.24) is 16.0 Å². The van der Waals surface area contributed by atoms with E-state index in [4.69, 9.17) is 4.74 Å². The standard InChI is InChI=1S/C18H27N3O3/c1-13(2)10-20-17(22)11-19-15-8-16(9-15)21-18(23)24-12-14-6-4-3-5-7-14/h3-7,13,15-16,19H,8-12H2,1-2H3,(H,20,22)(H,21,23). The first kappa shape index (κ1) is 18.3. The van der Waals surface area contributed by atoms with Gasteiger partial charge in [-0.25, -0.2) is 4.79 Å². The summed E-state index contributed by atoms with van der Waals surface area (Å²) in [5.41, 5.74) is 0.966. The number of ether oxygens (including phenoxy) is 1. The van der Waals surface area contributed by atoms with Gasteiger partial charge in [0.2, 0.25) is 5.91 Å². The van der Waals surface area contributed by atoms with Crippen LogP contribution in [-0.4, -0.2) is 37.2 Å². The molecule has 0 heterocycles. The van der Waals surface area contributed by atoms with Crippen molar-refractivity contribution in [2.24, 2.45) is 5.92 Å². The van der Waals surface area contributed by atoms with Crippen LogP contribution in [0.1, 0.15) is 32.3 Å². The molecule has 0 aromatic heterocycles. The molecule has 0 spiro atoms. The van der Waals surface area contributed by atoms with Crippen LogP contribution in [0.15, 0.2) is 30.3 Å². The molecule has 6 heteroatoms. The van der Waals surface area contributed by atoms with Gasteiger partial charge < -0.3 is 20.7 Å². The van der Waals surface area contributed by atoms with Crippen LogP contribution in [0.2, 0.25) is 0 Å². The van der Waals surface area contributed by atoms with Gasteiger partial charge >= 0.3 is 6.09 Å². The highest BCUT2D eigenvalue weighted by Gasteiger charge is 2.30. The second-order valence-electron chi connectivity index (χ2n) is 6.65. The quantitative estimate of drug-likeness (QED) is 0.678. The Hall–Kier alpha value is -2.08. The molecule has 6 nitrogen and oxygen atoms in total. The van der Waals surface area contributed by atoms with Crippen LogP contribution in [0.3, 0.4) is 0 Å². The van der Waals surface area contributed by atoms with Gasteiger partial charge in [-0.15, -0.1) is 0 Å². The summed E-state index contributed by atoms with van der Waals surface area (Å²) in [7, 11) is 0. The van der Waals surface area contributed by atoms with Gasteiger partial charge in [0.25, 0.3) is 0 Å². The summed E-state index contributed by atoms with van der Waals surface area (Å²) in [6.45, 7) is 5.42. The minimum Gasteiger partial charge on any atom is -0.445 e. The van der Waals surface area contributed by atoms with Gasteiger partial charge in [0, 0.05) is 18.6 Å². The molecule has 3 N–H and O–H groups in total. The predicted molar refractivity (Wildman–Crippen MR) is 92.4 cm³/mol. The molecular weight excluding hydrogens is 306 g/mol. The molecule has 0 atom stereocenters. The Labute approximate surface area is 143 Å². The van der Waals surface area contributed by atoms with Crippen molar-refractivity contribution in [2.75, 3.05) is 13.1 Å². The molecule has 0 radical (unpaired) electrons. The number of rotatable bonds is 8. The van der Waals surface area contributed by atoms with Gasteiger partial charge in [-0.2, -0.15) is 0 Å².